The van der Waals surface area contributed by atoms with Gasteiger partial charge in [0.25, 0.3) is 5.56 Å². The van der Waals surface area contributed by atoms with Gasteiger partial charge in [-0.25, -0.2) is 0 Å². The monoisotopic (exact) mass is 224 g/mol. The lowest BCUT2D eigenvalue weighted by Gasteiger charge is -2.21. The fourth-order valence-electron chi connectivity index (χ4n) is 2.59. The van der Waals surface area contributed by atoms with Gasteiger partial charge in [0, 0.05) is 12.3 Å². The molecule has 2 bridgehead atoms. The Bertz CT molecular complexity index is 493. The Morgan fingerprint density at radius 2 is 2.40 bits per heavy atom. The molecule has 3 unspecified atom stereocenters. The summed E-state index contributed by atoms with van der Waals surface area (Å²) < 4.78 is 8.23. The molecule has 1 N–H and O–H groups in total. The minimum Gasteiger partial charge on any atom is -0.373 e. The van der Waals surface area contributed by atoms with E-state index in [1.807, 2.05) is 4.57 Å². The number of aromatic nitrogens is 2. The lowest BCUT2D eigenvalue weighted by Crippen LogP contribution is -2.23. The molecule has 0 aromatic carbocycles. The van der Waals surface area contributed by atoms with Gasteiger partial charge in [-0.3, -0.25) is 9.78 Å². The van der Waals surface area contributed by atoms with E-state index < -0.39 is 0 Å². The predicted molar refractivity (Wildman–Crippen MR) is 57.4 cm³/mol. The second-order valence-corrected chi connectivity index (χ2v) is 4.58. The third kappa shape index (κ3) is 1.46. The van der Waals surface area contributed by atoms with Crippen LogP contribution in [0.1, 0.15) is 25.3 Å². The van der Waals surface area contributed by atoms with E-state index in [0.717, 1.165) is 19.3 Å². The molecule has 15 heavy (non-hydrogen) atoms. The first-order valence-electron chi connectivity index (χ1n) is 5.21. The van der Waals surface area contributed by atoms with Crippen molar-refractivity contribution in [3.8, 4) is 0 Å². The first-order valence-corrected chi connectivity index (χ1v) is 5.62. The number of rotatable bonds is 1. The van der Waals surface area contributed by atoms with Crippen LogP contribution in [0.2, 0.25) is 0 Å². The molecule has 1 aromatic heterocycles. The van der Waals surface area contributed by atoms with Gasteiger partial charge in [-0.2, -0.15) is 0 Å². The molecule has 1 aromatic rings. The molecule has 2 aliphatic rings. The Labute approximate surface area is 91.9 Å². The van der Waals surface area contributed by atoms with Crippen LogP contribution in [0.5, 0.6) is 0 Å². The Morgan fingerprint density at radius 1 is 1.53 bits per heavy atom. The lowest BCUT2D eigenvalue weighted by atomic mass is 9.95. The summed E-state index contributed by atoms with van der Waals surface area (Å²) in [6.07, 6.45) is 5.75. The zero-order valence-electron chi connectivity index (χ0n) is 8.18. The van der Waals surface area contributed by atoms with Gasteiger partial charge < -0.3 is 9.30 Å². The number of hydrogen-bond donors (Lipinski definition) is 1. The maximum absolute atomic E-state index is 11.1. The van der Waals surface area contributed by atoms with Crippen LogP contribution in [-0.2, 0) is 4.74 Å². The number of hydrogen-bond acceptors (Lipinski definition) is 3. The van der Waals surface area contributed by atoms with Gasteiger partial charge in [-0.1, -0.05) is 0 Å². The average Bonchev–Trinajstić information content (AvgIpc) is 2.78. The van der Waals surface area contributed by atoms with E-state index >= 15 is 0 Å². The number of nitrogens with zero attached hydrogens (tertiary/aromatic N) is 1. The van der Waals surface area contributed by atoms with E-state index in [2.05, 4.69) is 4.98 Å². The largest absolute Gasteiger partial charge is 0.373 e. The smallest absolute Gasteiger partial charge is 0.251 e. The summed E-state index contributed by atoms with van der Waals surface area (Å²) in [5, 5.41) is 0. The highest BCUT2D eigenvalue weighted by atomic mass is 32.1. The SMILES string of the molecule is O=c1ccn(C2CC3CCC2O3)c(=S)[nH]1. The molecule has 3 atom stereocenters. The summed E-state index contributed by atoms with van der Waals surface area (Å²) >= 11 is 5.14. The van der Waals surface area contributed by atoms with E-state index in [0.29, 0.717) is 16.9 Å². The van der Waals surface area contributed by atoms with Crippen molar-refractivity contribution in [2.75, 3.05) is 0 Å². The van der Waals surface area contributed by atoms with Crippen LogP contribution in [0.3, 0.4) is 0 Å². The van der Waals surface area contributed by atoms with E-state index in [-0.39, 0.29) is 11.7 Å². The quantitative estimate of drug-likeness (QED) is 0.733. The summed E-state index contributed by atoms with van der Waals surface area (Å²) in [7, 11) is 0. The standard InChI is InChI=1S/C10H12N2O2S/c13-9-3-4-12(10(15)11-9)7-5-6-1-2-8(7)14-6/h3-4,6-8H,1-2,5H2,(H,11,13,15). The molecule has 0 spiro atoms. The second-order valence-electron chi connectivity index (χ2n) is 4.19. The maximum Gasteiger partial charge on any atom is 0.251 e. The molecule has 0 aliphatic carbocycles. The molecule has 5 heteroatoms. The first-order chi connectivity index (χ1) is 7.24. The van der Waals surface area contributed by atoms with Crippen molar-refractivity contribution in [2.45, 2.75) is 37.5 Å². The van der Waals surface area contributed by atoms with Gasteiger partial charge in [-0.05, 0) is 31.5 Å². The molecule has 2 saturated heterocycles. The third-order valence-corrected chi connectivity index (χ3v) is 3.60. The van der Waals surface area contributed by atoms with Crippen LogP contribution in [0, 0.1) is 4.77 Å². The molecule has 3 heterocycles. The Kier molecular flexibility index (Phi) is 2.03. The lowest BCUT2D eigenvalue weighted by molar-refractivity contribution is 0.0934. The number of aromatic amines is 1. The Balaban J connectivity index is 2.00. The molecule has 3 rings (SSSR count). The van der Waals surface area contributed by atoms with E-state index in [4.69, 9.17) is 17.0 Å². The molecule has 0 amide bonds. The normalized spacial score (nSPS) is 33.5. The summed E-state index contributed by atoms with van der Waals surface area (Å²) in [6, 6.07) is 1.83. The number of nitrogens with one attached hydrogen (secondary N) is 1. The van der Waals surface area contributed by atoms with Crippen LogP contribution >= 0.6 is 12.2 Å². The first kappa shape index (κ1) is 9.30. The van der Waals surface area contributed by atoms with Crippen molar-refractivity contribution in [2.24, 2.45) is 0 Å². The minimum absolute atomic E-state index is 0.139. The highest BCUT2D eigenvalue weighted by Gasteiger charge is 2.41. The molecule has 80 valence electrons. The summed E-state index contributed by atoms with van der Waals surface area (Å²) in [5.74, 6) is 0. The van der Waals surface area contributed by atoms with E-state index in [1.54, 1.807) is 6.20 Å². The molecule has 4 nitrogen and oxygen atoms in total. The zero-order valence-corrected chi connectivity index (χ0v) is 9.00. The van der Waals surface area contributed by atoms with Gasteiger partial charge in [0.2, 0.25) is 0 Å². The number of H-pyrrole nitrogens is 1. The molecular weight excluding hydrogens is 212 g/mol. The predicted octanol–water partition coefficient (Wildman–Crippen LogP) is 1.40. The van der Waals surface area contributed by atoms with Crippen molar-refractivity contribution in [1.82, 2.24) is 9.55 Å². The molecule has 2 fully saturated rings. The van der Waals surface area contributed by atoms with Crippen LogP contribution in [0.25, 0.3) is 0 Å². The van der Waals surface area contributed by atoms with Gasteiger partial charge in [0.05, 0.1) is 18.2 Å². The second kappa shape index (κ2) is 3.28. The maximum atomic E-state index is 11.1. The number of ether oxygens (including phenoxy) is 1. The van der Waals surface area contributed by atoms with Gasteiger partial charge in [-0.15, -0.1) is 0 Å². The summed E-state index contributed by atoms with van der Waals surface area (Å²) in [6.45, 7) is 0. The third-order valence-electron chi connectivity index (χ3n) is 3.28. The fourth-order valence-corrected chi connectivity index (χ4v) is 2.89. The van der Waals surface area contributed by atoms with Crippen LogP contribution < -0.4 is 5.56 Å². The molecular formula is C10H12N2O2S. The van der Waals surface area contributed by atoms with Gasteiger partial charge >= 0.3 is 0 Å². The van der Waals surface area contributed by atoms with Crippen molar-refractivity contribution < 1.29 is 4.74 Å². The summed E-state index contributed by atoms with van der Waals surface area (Å²) in [5.41, 5.74) is -0.139. The highest BCUT2D eigenvalue weighted by molar-refractivity contribution is 7.71. The molecule has 2 aliphatic heterocycles. The van der Waals surface area contributed by atoms with Gasteiger partial charge in [0.15, 0.2) is 4.77 Å². The summed E-state index contributed by atoms with van der Waals surface area (Å²) in [4.78, 5) is 13.7. The fraction of sp³-hybridized carbons (Fsp3) is 0.600. The van der Waals surface area contributed by atoms with Crippen LogP contribution in [-0.4, -0.2) is 21.8 Å². The van der Waals surface area contributed by atoms with Crippen molar-refractivity contribution in [1.29, 1.82) is 0 Å². The van der Waals surface area contributed by atoms with Gasteiger partial charge in [0.1, 0.15) is 0 Å². The van der Waals surface area contributed by atoms with Crippen molar-refractivity contribution in [3.63, 3.8) is 0 Å². The van der Waals surface area contributed by atoms with Crippen molar-refractivity contribution in [3.05, 3.63) is 27.4 Å². The van der Waals surface area contributed by atoms with E-state index in [9.17, 15) is 4.79 Å². The Hall–Kier alpha value is -0.940. The highest BCUT2D eigenvalue weighted by Crippen LogP contribution is 2.41. The average molecular weight is 224 g/mol. The van der Waals surface area contributed by atoms with Crippen LogP contribution in [0.4, 0.5) is 0 Å². The molecule has 0 radical (unpaired) electrons. The molecule has 0 saturated carbocycles. The van der Waals surface area contributed by atoms with E-state index in [1.165, 1.54) is 6.07 Å². The minimum atomic E-state index is -0.139. The Morgan fingerprint density at radius 3 is 3.00 bits per heavy atom. The van der Waals surface area contributed by atoms with Crippen molar-refractivity contribution >= 4 is 12.2 Å². The number of fused-ring (bicyclic) bond motifs is 2. The topological polar surface area (TPSA) is 47.0 Å². The van der Waals surface area contributed by atoms with Crippen LogP contribution in [0.15, 0.2) is 17.1 Å². The zero-order chi connectivity index (χ0) is 10.4.